The lowest BCUT2D eigenvalue weighted by Crippen LogP contribution is -2.30. The molecule has 73 heavy (non-hydrogen) atoms. The minimum Gasteiger partial charge on any atom is -0.462 e. The topological polar surface area (TPSA) is 237 Å². The largest absolute Gasteiger partial charge is 0.472 e. The molecule has 432 valence electrons. The van der Waals surface area contributed by atoms with Crippen LogP contribution in [0.4, 0.5) is 0 Å². The smallest absolute Gasteiger partial charge is 0.462 e. The van der Waals surface area contributed by atoms with Crippen LogP contribution in [0.25, 0.3) is 0 Å². The van der Waals surface area contributed by atoms with Gasteiger partial charge in [-0.05, 0) is 31.6 Å². The molecule has 3 N–H and O–H groups in total. The van der Waals surface area contributed by atoms with Crippen LogP contribution >= 0.6 is 15.6 Å². The van der Waals surface area contributed by atoms with E-state index in [4.69, 9.17) is 37.0 Å². The fourth-order valence-electron chi connectivity index (χ4n) is 7.81. The highest BCUT2D eigenvalue weighted by atomic mass is 31.2. The molecule has 0 saturated heterocycles. The standard InChI is InChI=1S/C54H104O17P2/c1-6-9-12-15-17-24-28-33-38-52(57)65-44-50(71-54(59)40-35-30-25-21-19-18-20-23-27-31-36-47(4)5)46-69-73(62,63)67-42-48(55)41-66-72(60,61)68-45-49(43-64-51(56)37-32-26-14-11-8-3)70-53(58)39-34-29-22-16-13-10-7-2/h47-50,55H,6-46H2,1-5H3,(H,60,61)(H,62,63)/t48-,49+,50+/m0/s1. The number of phosphoric ester groups is 2. The zero-order valence-electron chi connectivity index (χ0n) is 46.3. The average Bonchev–Trinajstić information content (AvgIpc) is 3.35. The summed E-state index contributed by atoms with van der Waals surface area (Å²) in [6, 6.07) is 0. The van der Waals surface area contributed by atoms with Crippen LogP contribution in [0.3, 0.4) is 0 Å². The maximum Gasteiger partial charge on any atom is 0.472 e. The summed E-state index contributed by atoms with van der Waals surface area (Å²) in [5.74, 6) is -1.41. The average molecular weight is 1090 g/mol. The van der Waals surface area contributed by atoms with Gasteiger partial charge in [-0.1, -0.05) is 208 Å². The number of hydrogen-bond donors (Lipinski definition) is 3. The van der Waals surface area contributed by atoms with Crippen molar-refractivity contribution in [2.24, 2.45) is 5.92 Å². The first-order chi connectivity index (χ1) is 35.0. The molecule has 17 nitrogen and oxygen atoms in total. The van der Waals surface area contributed by atoms with Gasteiger partial charge in [0.2, 0.25) is 0 Å². The fraction of sp³-hybridized carbons (Fsp3) is 0.926. The molecule has 0 bridgehead atoms. The van der Waals surface area contributed by atoms with E-state index in [0.717, 1.165) is 121 Å². The number of ether oxygens (including phenoxy) is 4. The number of phosphoric acid groups is 2. The van der Waals surface area contributed by atoms with Gasteiger partial charge < -0.3 is 33.8 Å². The summed E-state index contributed by atoms with van der Waals surface area (Å²) in [6.45, 7) is 6.95. The van der Waals surface area contributed by atoms with Gasteiger partial charge in [-0.2, -0.15) is 0 Å². The Kier molecular flexibility index (Phi) is 47.1. The van der Waals surface area contributed by atoms with Gasteiger partial charge >= 0.3 is 39.5 Å². The highest BCUT2D eigenvalue weighted by Gasteiger charge is 2.30. The Morgan fingerprint density at radius 1 is 0.370 bits per heavy atom. The Morgan fingerprint density at radius 3 is 0.932 bits per heavy atom. The van der Waals surface area contributed by atoms with Gasteiger partial charge in [-0.25, -0.2) is 9.13 Å². The lowest BCUT2D eigenvalue weighted by atomic mass is 10.0. The first-order valence-electron chi connectivity index (χ1n) is 28.6. The molecule has 0 aromatic rings. The van der Waals surface area contributed by atoms with Gasteiger partial charge in [0.1, 0.15) is 19.3 Å². The third-order valence-corrected chi connectivity index (χ3v) is 14.2. The Balaban J connectivity index is 5.15. The molecular formula is C54H104O17P2. The van der Waals surface area contributed by atoms with E-state index in [1.54, 1.807) is 0 Å². The van der Waals surface area contributed by atoms with Crippen LogP contribution in [0.15, 0.2) is 0 Å². The third-order valence-electron chi connectivity index (χ3n) is 12.3. The molecule has 0 radical (unpaired) electrons. The minimum atomic E-state index is -4.93. The van der Waals surface area contributed by atoms with Crippen molar-refractivity contribution in [2.45, 2.75) is 278 Å². The number of aliphatic hydroxyl groups excluding tert-OH is 1. The van der Waals surface area contributed by atoms with Crippen molar-refractivity contribution in [1.82, 2.24) is 0 Å². The van der Waals surface area contributed by atoms with Gasteiger partial charge in [-0.15, -0.1) is 0 Å². The van der Waals surface area contributed by atoms with E-state index in [1.165, 1.54) is 57.8 Å². The second-order valence-electron chi connectivity index (χ2n) is 20.1. The molecule has 2 unspecified atom stereocenters. The van der Waals surface area contributed by atoms with Crippen LogP contribution in [-0.2, 0) is 65.4 Å². The second kappa shape index (κ2) is 48.4. The normalized spacial score (nSPS) is 14.5. The summed E-state index contributed by atoms with van der Waals surface area (Å²) in [4.78, 5) is 71.3. The summed E-state index contributed by atoms with van der Waals surface area (Å²) in [6.07, 6.45) is 28.5. The number of rotatable bonds is 54. The first-order valence-corrected chi connectivity index (χ1v) is 31.6. The molecule has 0 fully saturated rings. The van der Waals surface area contributed by atoms with Crippen molar-refractivity contribution < 1.29 is 80.2 Å². The molecule has 0 aliphatic rings. The summed E-state index contributed by atoms with van der Waals surface area (Å²) < 4.78 is 67.2. The summed E-state index contributed by atoms with van der Waals surface area (Å²) in [5.41, 5.74) is 0. The lowest BCUT2D eigenvalue weighted by Gasteiger charge is -2.21. The Bertz CT molecular complexity index is 1450. The van der Waals surface area contributed by atoms with E-state index in [1.807, 2.05) is 0 Å². The van der Waals surface area contributed by atoms with Crippen molar-refractivity contribution in [3.8, 4) is 0 Å². The van der Waals surface area contributed by atoms with E-state index in [2.05, 4.69) is 34.6 Å². The predicted octanol–water partition coefficient (Wildman–Crippen LogP) is 13.9. The van der Waals surface area contributed by atoms with Gasteiger partial charge in [0.15, 0.2) is 12.2 Å². The maximum atomic E-state index is 12.9. The van der Waals surface area contributed by atoms with Crippen LogP contribution < -0.4 is 0 Å². The van der Waals surface area contributed by atoms with Crippen LogP contribution in [0.5, 0.6) is 0 Å². The molecular weight excluding hydrogens is 983 g/mol. The molecule has 0 rings (SSSR count). The SMILES string of the molecule is CCCCCCCCCCC(=O)OC[C@H](COP(=O)(O)OC[C@@H](O)COP(=O)(O)OC[C@@H](COC(=O)CCCCCCC)OC(=O)CCCCCCCCC)OC(=O)CCCCCCCCCCCCC(C)C. The van der Waals surface area contributed by atoms with E-state index in [0.29, 0.717) is 25.7 Å². The molecule has 0 spiro atoms. The molecule has 0 aliphatic heterocycles. The highest BCUT2D eigenvalue weighted by molar-refractivity contribution is 7.47. The van der Waals surface area contributed by atoms with Gasteiger partial charge in [0, 0.05) is 25.7 Å². The van der Waals surface area contributed by atoms with E-state index < -0.39 is 97.5 Å². The van der Waals surface area contributed by atoms with Crippen molar-refractivity contribution in [3.63, 3.8) is 0 Å². The van der Waals surface area contributed by atoms with E-state index in [-0.39, 0.29) is 25.7 Å². The maximum absolute atomic E-state index is 12.9. The zero-order valence-corrected chi connectivity index (χ0v) is 48.0. The zero-order chi connectivity index (χ0) is 54.3. The van der Waals surface area contributed by atoms with E-state index in [9.17, 15) is 43.2 Å². The molecule has 0 amide bonds. The van der Waals surface area contributed by atoms with Gasteiger partial charge in [0.05, 0.1) is 26.4 Å². The monoisotopic (exact) mass is 1090 g/mol. The molecule has 0 aliphatic carbocycles. The Hall–Kier alpha value is -1.94. The molecule has 0 aromatic heterocycles. The molecule has 0 aromatic carbocycles. The number of aliphatic hydroxyl groups is 1. The van der Waals surface area contributed by atoms with Gasteiger partial charge in [-0.3, -0.25) is 37.3 Å². The summed E-state index contributed by atoms with van der Waals surface area (Å²) in [5, 5.41) is 10.4. The number of hydrogen-bond acceptors (Lipinski definition) is 15. The molecule has 0 heterocycles. The van der Waals surface area contributed by atoms with Crippen molar-refractivity contribution >= 4 is 39.5 Å². The quantitative estimate of drug-likeness (QED) is 0.0222. The van der Waals surface area contributed by atoms with E-state index >= 15 is 0 Å². The van der Waals surface area contributed by atoms with Crippen molar-refractivity contribution in [3.05, 3.63) is 0 Å². The number of carbonyl (C=O) groups excluding carboxylic acids is 4. The molecule has 19 heteroatoms. The van der Waals surface area contributed by atoms with Crippen LogP contribution in [0, 0.1) is 5.92 Å². The summed E-state index contributed by atoms with van der Waals surface area (Å²) in [7, 11) is -9.85. The first kappa shape index (κ1) is 71.1. The van der Waals surface area contributed by atoms with Gasteiger partial charge in [0.25, 0.3) is 0 Å². The second-order valence-corrected chi connectivity index (χ2v) is 23.0. The Morgan fingerprint density at radius 2 is 0.630 bits per heavy atom. The van der Waals surface area contributed by atoms with Crippen molar-refractivity contribution in [1.29, 1.82) is 0 Å². The van der Waals surface area contributed by atoms with Crippen LogP contribution in [0.1, 0.15) is 259 Å². The van der Waals surface area contributed by atoms with Crippen molar-refractivity contribution in [2.75, 3.05) is 39.6 Å². The minimum absolute atomic E-state index is 0.103. The lowest BCUT2D eigenvalue weighted by molar-refractivity contribution is -0.161. The Labute approximate surface area is 441 Å². The third kappa shape index (κ3) is 49.4. The van der Waals surface area contributed by atoms with Crippen LogP contribution in [0.2, 0.25) is 0 Å². The predicted molar refractivity (Wildman–Crippen MR) is 285 cm³/mol. The highest BCUT2D eigenvalue weighted by Crippen LogP contribution is 2.45. The number of carbonyl (C=O) groups is 4. The fourth-order valence-corrected chi connectivity index (χ4v) is 9.39. The number of unbranched alkanes of at least 4 members (excludes halogenated alkanes) is 26. The summed E-state index contributed by atoms with van der Waals surface area (Å²) >= 11 is 0. The number of esters is 4. The molecule has 0 saturated carbocycles. The van der Waals surface area contributed by atoms with Crippen LogP contribution in [-0.4, -0.2) is 96.7 Å². The molecule has 5 atom stereocenters.